The summed E-state index contributed by atoms with van der Waals surface area (Å²) in [5, 5.41) is 2.75. The number of ether oxygens (including phenoxy) is 1. The van der Waals surface area contributed by atoms with Gasteiger partial charge in [0.15, 0.2) is 0 Å². The van der Waals surface area contributed by atoms with Crippen LogP contribution in [-0.2, 0) is 24.2 Å². The Balaban J connectivity index is 2.04. The molecule has 1 amide bonds. The van der Waals surface area contributed by atoms with Crippen LogP contribution in [0.5, 0.6) is 0 Å². The molecule has 0 radical (unpaired) electrons. The van der Waals surface area contributed by atoms with Gasteiger partial charge in [-0.25, -0.2) is 13.3 Å². The van der Waals surface area contributed by atoms with Crippen LogP contribution in [0.2, 0.25) is 0 Å². The van der Waals surface area contributed by atoms with Gasteiger partial charge in [0.25, 0.3) is 0 Å². The third-order valence-corrected chi connectivity index (χ3v) is 6.01. The quantitative estimate of drug-likeness (QED) is 0.798. The van der Waals surface area contributed by atoms with E-state index in [1.54, 1.807) is 38.4 Å². The van der Waals surface area contributed by atoms with Crippen LogP contribution in [0.3, 0.4) is 0 Å². The summed E-state index contributed by atoms with van der Waals surface area (Å²) in [5.41, 5.74) is 0.545. The third kappa shape index (κ3) is 3.53. The lowest BCUT2D eigenvalue weighted by Gasteiger charge is -2.32. The largest absolute Gasteiger partial charge is 0.469 e. The van der Waals surface area contributed by atoms with Crippen LogP contribution >= 0.6 is 0 Å². The lowest BCUT2D eigenvalue weighted by Crippen LogP contribution is -2.41. The Morgan fingerprint density at radius 2 is 1.78 bits per heavy atom. The van der Waals surface area contributed by atoms with Crippen LogP contribution in [0.4, 0.5) is 5.69 Å². The molecule has 0 spiro atoms. The van der Waals surface area contributed by atoms with Crippen molar-refractivity contribution in [2.24, 2.45) is 11.8 Å². The average molecular weight is 339 g/mol. The molecule has 2 N–H and O–H groups in total. The summed E-state index contributed by atoms with van der Waals surface area (Å²) >= 11 is 0. The van der Waals surface area contributed by atoms with E-state index in [1.165, 1.54) is 11.4 Å². The number of esters is 1. The number of anilines is 1. The Morgan fingerprint density at radius 3 is 2.22 bits per heavy atom. The molecule has 7 nitrogen and oxygen atoms in total. The standard InChI is InChI=1S/C15H21N3O4S/c1-18(2)23(16,21)11-6-4-10(5-7-11)17-14(19)12-8-9-13(12)15(20)22-3/h4-7,12-13,16H,8-9H2,1-3H3,(H,17,19)/t12-,13+,23?/m0/s1. The molecule has 0 saturated heterocycles. The molecule has 1 aromatic rings. The molecule has 1 aromatic carbocycles. The van der Waals surface area contributed by atoms with Gasteiger partial charge >= 0.3 is 5.97 Å². The molecule has 23 heavy (non-hydrogen) atoms. The van der Waals surface area contributed by atoms with Crippen LogP contribution in [-0.4, -0.2) is 41.6 Å². The lowest BCUT2D eigenvalue weighted by molar-refractivity contribution is -0.154. The van der Waals surface area contributed by atoms with Gasteiger partial charge < -0.3 is 10.1 Å². The van der Waals surface area contributed by atoms with Crippen molar-refractivity contribution in [3.63, 3.8) is 0 Å². The number of nitrogens with zero attached hydrogens (tertiary/aromatic N) is 1. The molecule has 1 fully saturated rings. The van der Waals surface area contributed by atoms with Gasteiger partial charge in [0.1, 0.15) is 9.92 Å². The summed E-state index contributed by atoms with van der Waals surface area (Å²) < 4.78 is 26.1. The van der Waals surface area contributed by atoms with Crippen LogP contribution < -0.4 is 5.32 Å². The molecule has 1 unspecified atom stereocenters. The maximum atomic E-state index is 12.2. The number of hydrogen-bond acceptors (Lipinski definition) is 5. The Bertz CT molecular complexity index is 698. The van der Waals surface area contributed by atoms with Crippen molar-refractivity contribution in [1.29, 1.82) is 4.78 Å². The van der Waals surface area contributed by atoms with E-state index in [-0.39, 0.29) is 23.7 Å². The predicted molar refractivity (Wildman–Crippen MR) is 86.1 cm³/mol. The summed E-state index contributed by atoms with van der Waals surface area (Å²) in [4.78, 5) is 24.1. The highest BCUT2D eigenvalue weighted by Gasteiger charge is 2.42. The smallest absolute Gasteiger partial charge is 0.309 e. The first-order chi connectivity index (χ1) is 10.8. The first kappa shape index (κ1) is 17.4. The second-order valence-corrected chi connectivity index (χ2v) is 7.92. The van der Waals surface area contributed by atoms with E-state index >= 15 is 0 Å². The van der Waals surface area contributed by atoms with Crippen molar-refractivity contribution in [1.82, 2.24) is 4.31 Å². The highest BCUT2D eigenvalue weighted by atomic mass is 32.2. The molecule has 126 valence electrons. The van der Waals surface area contributed by atoms with E-state index < -0.39 is 9.92 Å². The molecular formula is C15H21N3O4S. The minimum absolute atomic E-state index is 0.224. The first-order valence-electron chi connectivity index (χ1n) is 7.22. The fraction of sp³-hybridized carbons (Fsp3) is 0.467. The van der Waals surface area contributed by atoms with Crippen LogP contribution in [0, 0.1) is 16.6 Å². The van der Waals surface area contributed by atoms with Gasteiger partial charge in [0, 0.05) is 19.8 Å². The Morgan fingerprint density at radius 1 is 1.22 bits per heavy atom. The Hall–Kier alpha value is -1.93. The van der Waals surface area contributed by atoms with Gasteiger partial charge in [-0.3, -0.25) is 9.59 Å². The highest BCUT2D eigenvalue weighted by molar-refractivity contribution is 7.90. The summed E-state index contributed by atoms with van der Waals surface area (Å²) in [6.45, 7) is 0. The van der Waals surface area contributed by atoms with Gasteiger partial charge in [0.05, 0.1) is 23.8 Å². The summed E-state index contributed by atoms with van der Waals surface area (Å²) in [6.07, 6.45) is 1.32. The zero-order valence-electron chi connectivity index (χ0n) is 13.4. The number of amides is 1. The topological polar surface area (TPSA) is 99.6 Å². The molecule has 0 heterocycles. The number of benzene rings is 1. The van der Waals surface area contributed by atoms with Gasteiger partial charge in [0.2, 0.25) is 5.91 Å². The summed E-state index contributed by atoms with van der Waals surface area (Å²) in [7, 11) is 1.48. The van der Waals surface area contributed by atoms with E-state index in [9.17, 15) is 13.8 Å². The number of carbonyl (C=O) groups excluding carboxylic acids is 2. The third-order valence-electron chi connectivity index (χ3n) is 4.07. The molecule has 0 aliphatic heterocycles. The van der Waals surface area contributed by atoms with E-state index in [0.717, 1.165) is 0 Å². The van der Waals surface area contributed by atoms with Crippen molar-refractivity contribution in [2.75, 3.05) is 26.5 Å². The molecule has 8 heteroatoms. The van der Waals surface area contributed by atoms with Crippen LogP contribution in [0.25, 0.3) is 0 Å². The van der Waals surface area contributed by atoms with Crippen molar-refractivity contribution < 1.29 is 18.5 Å². The number of methoxy groups -OCH3 is 1. The molecule has 3 atom stereocenters. The second kappa shape index (κ2) is 6.67. The molecule has 0 aromatic heterocycles. The van der Waals surface area contributed by atoms with Crippen molar-refractivity contribution >= 4 is 27.5 Å². The van der Waals surface area contributed by atoms with Gasteiger partial charge in [-0.1, -0.05) is 0 Å². The molecule has 1 aliphatic rings. The fourth-order valence-corrected chi connectivity index (χ4v) is 3.34. The second-order valence-electron chi connectivity index (χ2n) is 5.67. The minimum atomic E-state index is -3.00. The van der Waals surface area contributed by atoms with E-state index in [1.807, 2.05) is 0 Å². The molecule has 2 rings (SSSR count). The number of hydrogen-bond donors (Lipinski definition) is 2. The minimum Gasteiger partial charge on any atom is -0.469 e. The number of nitrogens with one attached hydrogen (secondary N) is 2. The summed E-state index contributed by atoms with van der Waals surface area (Å²) in [6, 6.07) is 6.33. The number of rotatable bonds is 5. The molecule has 1 saturated carbocycles. The summed E-state index contributed by atoms with van der Waals surface area (Å²) in [5.74, 6) is -1.32. The SMILES string of the molecule is COC(=O)[C@@H]1CC[C@@H]1C(=O)Nc1ccc(S(=N)(=O)N(C)C)cc1. The first-order valence-corrected chi connectivity index (χ1v) is 8.74. The fourth-order valence-electron chi connectivity index (χ4n) is 2.42. The van der Waals surface area contributed by atoms with Crippen LogP contribution in [0.15, 0.2) is 29.2 Å². The maximum absolute atomic E-state index is 12.2. The van der Waals surface area contributed by atoms with E-state index in [2.05, 4.69) is 10.1 Å². The van der Waals surface area contributed by atoms with Gasteiger partial charge in [-0.2, -0.15) is 0 Å². The van der Waals surface area contributed by atoms with Gasteiger partial charge in [-0.15, -0.1) is 0 Å². The van der Waals surface area contributed by atoms with Crippen molar-refractivity contribution in [3.8, 4) is 0 Å². The normalized spacial score (nSPS) is 22.8. The Labute approximate surface area is 136 Å². The monoisotopic (exact) mass is 339 g/mol. The van der Waals surface area contributed by atoms with Crippen molar-refractivity contribution in [3.05, 3.63) is 24.3 Å². The highest BCUT2D eigenvalue weighted by Crippen LogP contribution is 2.36. The number of carbonyl (C=O) groups is 2. The van der Waals surface area contributed by atoms with Crippen LogP contribution in [0.1, 0.15) is 12.8 Å². The molecule has 0 bridgehead atoms. The maximum Gasteiger partial charge on any atom is 0.309 e. The molecule has 1 aliphatic carbocycles. The Kier molecular flexibility index (Phi) is 5.06. The lowest BCUT2D eigenvalue weighted by atomic mass is 9.73. The van der Waals surface area contributed by atoms with Crippen molar-refractivity contribution in [2.45, 2.75) is 17.7 Å². The predicted octanol–water partition coefficient (Wildman–Crippen LogP) is 1.71. The zero-order valence-corrected chi connectivity index (χ0v) is 14.2. The zero-order chi connectivity index (χ0) is 17.2. The van der Waals surface area contributed by atoms with E-state index in [4.69, 9.17) is 4.78 Å². The average Bonchev–Trinajstić information content (AvgIpc) is 2.46. The van der Waals surface area contributed by atoms with E-state index in [0.29, 0.717) is 23.4 Å². The molecular weight excluding hydrogens is 318 g/mol. The van der Waals surface area contributed by atoms with Gasteiger partial charge in [-0.05, 0) is 37.1 Å².